The van der Waals surface area contributed by atoms with Crippen molar-refractivity contribution in [3.8, 4) is 0 Å². The fraction of sp³-hybridized carbons (Fsp3) is 0.615. The Bertz CT molecular complexity index is 499. The molecule has 0 spiro atoms. The Morgan fingerprint density at radius 1 is 1.26 bits per heavy atom. The molecule has 2 rings (SSSR count). The van der Waals surface area contributed by atoms with Gasteiger partial charge in [-0.15, -0.1) is 0 Å². The van der Waals surface area contributed by atoms with E-state index in [0.717, 1.165) is 25.5 Å². The van der Waals surface area contributed by atoms with Gasteiger partial charge in [0.25, 0.3) is 0 Å². The number of aromatic nitrogens is 5. The average molecular weight is 262 g/mol. The fourth-order valence-corrected chi connectivity index (χ4v) is 1.95. The second-order valence-electron chi connectivity index (χ2n) is 5.01. The summed E-state index contributed by atoms with van der Waals surface area (Å²) in [4.78, 5) is 4.34. The van der Waals surface area contributed by atoms with Gasteiger partial charge in [0.1, 0.15) is 18.7 Å². The maximum atomic E-state index is 4.36. The van der Waals surface area contributed by atoms with Crippen LogP contribution in [0.2, 0.25) is 0 Å². The number of nitrogens with one attached hydrogen (secondary N) is 1. The summed E-state index contributed by atoms with van der Waals surface area (Å²) in [5, 5.41) is 12.0. The van der Waals surface area contributed by atoms with Crippen molar-refractivity contribution in [1.29, 1.82) is 0 Å². The van der Waals surface area contributed by atoms with E-state index in [1.807, 2.05) is 21.6 Å². The van der Waals surface area contributed by atoms with Crippen LogP contribution in [0.3, 0.4) is 0 Å². The summed E-state index contributed by atoms with van der Waals surface area (Å²) in [5.41, 5.74) is 1.17. The Morgan fingerprint density at radius 3 is 2.84 bits per heavy atom. The molecule has 0 unspecified atom stereocenters. The van der Waals surface area contributed by atoms with Gasteiger partial charge in [-0.25, -0.2) is 9.67 Å². The normalized spacial score (nSPS) is 11.4. The number of hydrogen-bond acceptors (Lipinski definition) is 4. The van der Waals surface area contributed by atoms with E-state index < -0.39 is 0 Å². The zero-order valence-corrected chi connectivity index (χ0v) is 11.9. The highest BCUT2D eigenvalue weighted by Crippen LogP contribution is 2.05. The Morgan fingerprint density at radius 2 is 2.11 bits per heavy atom. The molecule has 0 atom stereocenters. The van der Waals surface area contributed by atoms with Crippen molar-refractivity contribution in [2.24, 2.45) is 5.92 Å². The van der Waals surface area contributed by atoms with Gasteiger partial charge in [0.15, 0.2) is 0 Å². The molecule has 2 heterocycles. The van der Waals surface area contributed by atoms with Crippen molar-refractivity contribution < 1.29 is 0 Å². The van der Waals surface area contributed by atoms with Crippen LogP contribution in [0, 0.1) is 5.92 Å². The first-order valence-corrected chi connectivity index (χ1v) is 6.78. The minimum atomic E-state index is 0.555. The van der Waals surface area contributed by atoms with Gasteiger partial charge in [0, 0.05) is 19.3 Å². The Labute approximate surface area is 113 Å². The quantitative estimate of drug-likeness (QED) is 0.817. The molecule has 2 aromatic heterocycles. The van der Waals surface area contributed by atoms with Crippen LogP contribution in [0.1, 0.15) is 32.3 Å². The van der Waals surface area contributed by atoms with Gasteiger partial charge in [-0.2, -0.15) is 10.2 Å². The Hall–Kier alpha value is -1.69. The highest BCUT2D eigenvalue weighted by atomic mass is 15.4. The molecular weight excluding hydrogens is 240 g/mol. The van der Waals surface area contributed by atoms with Gasteiger partial charge in [0.2, 0.25) is 0 Å². The van der Waals surface area contributed by atoms with Crippen molar-refractivity contribution in [3.05, 3.63) is 30.1 Å². The lowest BCUT2D eigenvalue weighted by Crippen LogP contribution is -2.19. The van der Waals surface area contributed by atoms with Crippen molar-refractivity contribution in [2.75, 3.05) is 6.54 Å². The van der Waals surface area contributed by atoms with Gasteiger partial charge in [-0.3, -0.25) is 4.68 Å². The zero-order chi connectivity index (χ0) is 13.7. The summed E-state index contributed by atoms with van der Waals surface area (Å²) in [5.74, 6) is 1.51. The third-order valence-corrected chi connectivity index (χ3v) is 2.89. The lowest BCUT2D eigenvalue weighted by Gasteiger charge is -2.10. The molecule has 19 heavy (non-hydrogen) atoms. The maximum Gasteiger partial charge on any atom is 0.148 e. The van der Waals surface area contributed by atoms with Gasteiger partial charge in [0.05, 0.1) is 5.69 Å². The lowest BCUT2D eigenvalue weighted by molar-refractivity contribution is 0.453. The van der Waals surface area contributed by atoms with E-state index in [9.17, 15) is 0 Å². The summed E-state index contributed by atoms with van der Waals surface area (Å²) in [6, 6.07) is 2.03. The Kier molecular flexibility index (Phi) is 4.68. The van der Waals surface area contributed by atoms with Crippen molar-refractivity contribution in [1.82, 2.24) is 29.9 Å². The summed E-state index contributed by atoms with van der Waals surface area (Å²) >= 11 is 0. The molecule has 0 aliphatic heterocycles. The largest absolute Gasteiger partial charge is 0.311 e. The molecule has 0 amide bonds. The SMILES string of the molecule is CCNCc1ccnn1Cc1ncnn1CC(C)C. The summed E-state index contributed by atoms with van der Waals surface area (Å²) in [7, 11) is 0. The molecule has 104 valence electrons. The predicted molar refractivity (Wildman–Crippen MR) is 73.6 cm³/mol. The summed E-state index contributed by atoms with van der Waals surface area (Å²) < 4.78 is 3.94. The van der Waals surface area contributed by atoms with Gasteiger partial charge >= 0.3 is 0 Å². The molecule has 0 radical (unpaired) electrons. The van der Waals surface area contributed by atoms with E-state index in [-0.39, 0.29) is 0 Å². The summed E-state index contributed by atoms with van der Waals surface area (Å²) in [6.07, 6.45) is 3.45. The van der Waals surface area contributed by atoms with Crippen molar-refractivity contribution >= 4 is 0 Å². The van der Waals surface area contributed by atoms with Crippen molar-refractivity contribution in [3.63, 3.8) is 0 Å². The summed E-state index contributed by atoms with van der Waals surface area (Å²) in [6.45, 7) is 9.79. The van der Waals surface area contributed by atoms with Crippen LogP contribution in [-0.4, -0.2) is 31.1 Å². The number of nitrogens with zero attached hydrogens (tertiary/aromatic N) is 5. The van der Waals surface area contributed by atoms with Crippen molar-refractivity contribution in [2.45, 2.75) is 40.4 Å². The maximum absolute atomic E-state index is 4.36. The molecule has 0 saturated heterocycles. The molecule has 2 aromatic rings. The first-order chi connectivity index (χ1) is 9.20. The molecular formula is C13H22N6. The fourth-order valence-electron chi connectivity index (χ4n) is 1.95. The van der Waals surface area contributed by atoms with Gasteiger partial charge in [-0.05, 0) is 18.5 Å². The van der Waals surface area contributed by atoms with E-state index in [2.05, 4.69) is 41.3 Å². The monoisotopic (exact) mass is 262 g/mol. The van der Waals surface area contributed by atoms with Crippen LogP contribution in [0.4, 0.5) is 0 Å². The molecule has 0 fully saturated rings. The van der Waals surface area contributed by atoms with Crippen LogP contribution in [0.15, 0.2) is 18.6 Å². The smallest absolute Gasteiger partial charge is 0.148 e. The average Bonchev–Trinajstić information content (AvgIpc) is 2.97. The van der Waals surface area contributed by atoms with Gasteiger partial charge in [-0.1, -0.05) is 20.8 Å². The minimum absolute atomic E-state index is 0.555. The molecule has 6 nitrogen and oxygen atoms in total. The second-order valence-corrected chi connectivity index (χ2v) is 5.01. The van der Waals surface area contributed by atoms with E-state index in [1.54, 1.807) is 6.33 Å². The number of hydrogen-bond donors (Lipinski definition) is 1. The second kappa shape index (κ2) is 6.47. The molecule has 0 aliphatic carbocycles. The highest BCUT2D eigenvalue weighted by Gasteiger charge is 2.09. The van der Waals surface area contributed by atoms with E-state index in [4.69, 9.17) is 0 Å². The molecule has 0 saturated carbocycles. The van der Waals surface area contributed by atoms with E-state index in [0.29, 0.717) is 12.5 Å². The van der Waals surface area contributed by atoms with Crippen LogP contribution in [0.25, 0.3) is 0 Å². The van der Waals surface area contributed by atoms with E-state index >= 15 is 0 Å². The first-order valence-electron chi connectivity index (χ1n) is 6.78. The zero-order valence-electron chi connectivity index (χ0n) is 11.9. The van der Waals surface area contributed by atoms with E-state index in [1.165, 1.54) is 5.69 Å². The molecule has 0 aromatic carbocycles. The van der Waals surface area contributed by atoms with Crippen LogP contribution in [-0.2, 0) is 19.6 Å². The van der Waals surface area contributed by atoms with Crippen LogP contribution < -0.4 is 5.32 Å². The molecule has 0 aliphatic rings. The third-order valence-electron chi connectivity index (χ3n) is 2.89. The number of rotatable bonds is 7. The van der Waals surface area contributed by atoms with Crippen LogP contribution in [0.5, 0.6) is 0 Å². The predicted octanol–water partition coefficient (Wildman–Crippen LogP) is 1.29. The third kappa shape index (κ3) is 3.64. The van der Waals surface area contributed by atoms with Gasteiger partial charge < -0.3 is 5.32 Å². The first kappa shape index (κ1) is 13.7. The van der Waals surface area contributed by atoms with Crippen LogP contribution >= 0.6 is 0 Å². The Balaban J connectivity index is 2.08. The minimum Gasteiger partial charge on any atom is -0.311 e. The molecule has 1 N–H and O–H groups in total. The topological polar surface area (TPSA) is 60.6 Å². The standard InChI is InChI=1S/C13H22N6/c1-4-14-7-12-5-6-16-18(12)9-13-15-10-17-19(13)8-11(2)3/h5-6,10-11,14H,4,7-9H2,1-3H3. The highest BCUT2D eigenvalue weighted by molar-refractivity contribution is 5.02. The lowest BCUT2D eigenvalue weighted by atomic mass is 10.2. The molecule has 0 bridgehead atoms. The molecule has 6 heteroatoms.